The predicted octanol–water partition coefficient (Wildman–Crippen LogP) is 5.63. The van der Waals surface area contributed by atoms with Crippen LogP contribution >= 0.6 is 0 Å². The van der Waals surface area contributed by atoms with E-state index < -0.39 is 0 Å². The summed E-state index contributed by atoms with van der Waals surface area (Å²) >= 11 is 0. The first-order chi connectivity index (χ1) is 11.7. The van der Waals surface area contributed by atoms with Crippen molar-refractivity contribution in [3.63, 3.8) is 0 Å². The summed E-state index contributed by atoms with van der Waals surface area (Å²) in [4.78, 5) is 12.5. The molecule has 24 heavy (non-hydrogen) atoms. The number of carbonyl (C=O) groups excluding carboxylic acids is 1. The van der Waals surface area contributed by atoms with Gasteiger partial charge in [-0.1, -0.05) is 45.4 Å². The molecule has 0 saturated heterocycles. The van der Waals surface area contributed by atoms with Gasteiger partial charge in [-0.05, 0) is 54.7 Å². The summed E-state index contributed by atoms with van der Waals surface area (Å²) in [5.74, 6) is 1.13. The summed E-state index contributed by atoms with van der Waals surface area (Å²) < 4.78 is 5.63. The number of carbonyl (C=O) groups is 1. The van der Waals surface area contributed by atoms with Gasteiger partial charge in [0.2, 0.25) is 0 Å². The van der Waals surface area contributed by atoms with E-state index in [4.69, 9.17) is 4.74 Å². The van der Waals surface area contributed by atoms with Gasteiger partial charge < -0.3 is 10.1 Å². The van der Waals surface area contributed by atoms with Crippen LogP contribution in [-0.2, 0) is 0 Å². The molecule has 1 N–H and O–H groups in total. The second-order valence-electron chi connectivity index (χ2n) is 6.08. The summed E-state index contributed by atoms with van der Waals surface area (Å²) in [6.07, 6.45) is 3.18. The third-order valence-electron chi connectivity index (χ3n) is 4.24. The summed E-state index contributed by atoms with van der Waals surface area (Å²) in [5, 5.41) is 3.03. The van der Waals surface area contributed by atoms with Gasteiger partial charge in [-0.15, -0.1) is 0 Å². The van der Waals surface area contributed by atoms with E-state index >= 15 is 0 Å². The molecule has 0 heterocycles. The van der Waals surface area contributed by atoms with Crippen LogP contribution in [-0.4, -0.2) is 12.5 Å². The molecule has 0 aliphatic rings. The summed E-state index contributed by atoms with van der Waals surface area (Å²) in [5.41, 5.74) is 2.70. The average molecular weight is 325 g/mol. The SMILES string of the molecule is CCCCOc1ccc(C(=O)Nc2ccccc2[C@H](C)CC)cc1. The second kappa shape index (κ2) is 9.11. The van der Waals surface area contributed by atoms with Crippen LogP contribution in [0.5, 0.6) is 5.75 Å². The fourth-order valence-corrected chi connectivity index (χ4v) is 2.49. The fraction of sp³-hybridized carbons (Fsp3) is 0.381. The highest BCUT2D eigenvalue weighted by atomic mass is 16.5. The predicted molar refractivity (Wildman–Crippen MR) is 99.9 cm³/mol. The molecule has 0 fully saturated rings. The number of nitrogens with one attached hydrogen (secondary N) is 1. The summed E-state index contributed by atoms with van der Waals surface area (Å²) in [7, 11) is 0. The molecule has 0 radical (unpaired) electrons. The number of hydrogen-bond acceptors (Lipinski definition) is 2. The molecule has 0 spiro atoms. The van der Waals surface area contributed by atoms with E-state index in [0.717, 1.165) is 30.7 Å². The lowest BCUT2D eigenvalue weighted by atomic mass is 9.97. The highest BCUT2D eigenvalue weighted by Crippen LogP contribution is 2.27. The number of hydrogen-bond donors (Lipinski definition) is 1. The van der Waals surface area contributed by atoms with Gasteiger partial charge in [0.05, 0.1) is 6.61 Å². The number of rotatable bonds is 8. The van der Waals surface area contributed by atoms with Gasteiger partial charge in [-0.3, -0.25) is 4.79 Å². The molecular formula is C21H27NO2. The quantitative estimate of drug-likeness (QED) is 0.639. The maximum absolute atomic E-state index is 12.5. The Hall–Kier alpha value is -2.29. The third-order valence-corrected chi connectivity index (χ3v) is 4.24. The number of benzene rings is 2. The van der Waals surface area contributed by atoms with Gasteiger partial charge in [-0.2, -0.15) is 0 Å². The lowest BCUT2D eigenvalue weighted by molar-refractivity contribution is 0.102. The molecule has 2 rings (SSSR count). The maximum Gasteiger partial charge on any atom is 0.255 e. The minimum Gasteiger partial charge on any atom is -0.494 e. The molecular weight excluding hydrogens is 298 g/mol. The van der Waals surface area contributed by atoms with Crippen molar-refractivity contribution in [3.05, 3.63) is 59.7 Å². The number of unbranched alkanes of at least 4 members (excludes halogenated alkanes) is 1. The van der Waals surface area contributed by atoms with E-state index in [9.17, 15) is 4.79 Å². The van der Waals surface area contributed by atoms with E-state index in [1.54, 1.807) is 0 Å². The van der Waals surface area contributed by atoms with E-state index in [1.165, 1.54) is 5.56 Å². The molecule has 0 bridgehead atoms. The molecule has 0 aliphatic heterocycles. The normalized spacial score (nSPS) is 11.8. The van der Waals surface area contributed by atoms with Crippen molar-refractivity contribution in [1.82, 2.24) is 0 Å². The zero-order valence-corrected chi connectivity index (χ0v) is 14.8. The lowest BCUT2D eigenvalue weighted by Crippen LogP contribution is -2.13. The third kappa shape index (κ3) is 4.85. The van der Waals surface area contributed by atoms with Crippen molar-refractivity contribution in [3.8, 4) is 5.75 Å². The first-order valence-corrected chi connectivity index (χ1v) is 8.78. The molecule has 2 aromatic carbocycles. The van der Waals surface area contributed by atoms with Gasteiger partial charge in [0.25, 0.3) is 5.91 Å². The zero-order chi connectivity index (χ0) is 17.4. The van der Waals surface area contributed by atoms with E-state index in [0.29, 0.717) is 18.1 Å². The Morgan fingerprint density at radius 2 is 1.79 bits per heavy atom. The first-order valence-electron chi connectivity index (χ1n) is 8.78. The Labute approximate surface area is 145 Å². The zero-order valence-electron chi connectivity index (χ0n) is 14.8. The van der Waals surface area contributed by atoms with Crippen LogP contribution in [0.15, 0.2) is 48.5 Å². The molecule has 0 saturated carbocycles. The monoisotopic (exact) mass is 325 g/mol. The Bertz CT molecular complexity index is 649. The van der Waals surface area contributed by atoms with Crippen LogP contribution in [0.2, 0.25) is 0 Å². The fourth-order valence-electron chi connectivity index (χ4n) is 2.49. The molecule has 128 valence electrons. The topological polar surface area (TPSA) is 38.3 Å². The van der Waals surface area contributed by atoms with Crippen LogP contribution in [0.1, 0.15) is 61.9 Å². The van der Waals surface area contributed by atoms with Gasteiger partial charge in [-0.25, -0.2) is 0 Å². The number of amides is 1. The van der Waals surface area contributed by atoms with Gasteiger partial charge in [0, 0.05) is 11.3 Å². The Kier molecular flexibility index (Phi) is 6.86. The lowest BCUT2D eigenvalue weighted by Gasteiger charge is -2.15. The minimum absolute atomic E-state index is 0.0918. The smallest absolute Gasteiger partial charge is 0.255 e. The summed E-state index contributed by atoms with van der Waals surface area (Å²) in [6.45, 7) is 7.17. The highest BCUT2D eigenvalue weighted by molar-refractivity contribution is 6.04. The van der Waals surface area contributed by atoms with Gasteiger partial charge in [0.1, 0.15) is 5.75 Å². The highest BCUT2D eigenvalue weighted by Gasteiger charge is 2.12. The molecule has 0 aromatic heterocycles. The Morgan fingerprint density at radius 3 is 2.46 bits per heavy atom. The van der Waals surface area contributed by atoms with Crippen LogP contribution in [0.25, 0.3) is 0 Å². The molecule has 3 nitrogen and oxygen atoms in total. The van der Waals surface area contributed by atoms with Crippen LogP contribution in [0.3, 0.4) is 0 Å². The molecule has 0 aliphatic carbocycles. The Balaban J connectivity index is 2.05. The van der Waals surface area contributed by atoms with Crippen molar-refractivity contribution >= 4 is 11.6 Å². The van der Waals surface area contributed by atoms with E-state index in [2.05, 4.69) is 32.2 Å². The Morgan fingerprint density at radius 1 is 1.08 bits per heavy atom. The first kappa shape index (κ1) is 18.1. The molecule has 3 heteroatoms. The molecule has 2 aromatic rings. The maximum atomic E-state index is 12.5. The number of para-hydroxylation sites is 1. The van der Waals surface area contributed by atoms with Crippen LogP contribution in [0, 0.1) is 0 Å². The van der Waals surface area contributed by atoms with Gasteiger partial charge in [0.15, 0.2) is 0 Å². The second-order valence-corrected chi connectivity index (χ2v) is 6.08. The molecule has 1 amide bonds. The van der Waals surface area contributed by atoms with Crippen molar-refractivity contribution < 1.29 is 9.53 Å². The summed E-state index contributed by atoms with van der Waals surface area (Å²) in [6, 6.07) is 15.3. The van der Waals surface area contributed by atoms with Crippen LogP contribution in [0.4, 0.5) is 5.69 Å². The van der Waals surface area contributed by atoms with Crippen molar-refractivity contribution in [1.29, 1.82) is 0 Å². The van der Waals surface area contributed by atoms with Crippen LogP contribution < -0.4 is 10.1 Å². The number of ether oxygens (including phenoxy) is 1. The van der Waals surface area contributed by atoms with E-state index in [1.807, 2.05) is 42.5 Å². The minimum atomic E-state index is -0.0918. The standard InChI is InChI=1S/C21H27NO2/c1-4-6-15-24-18-13-11-17(12-14-18)21(23)22-20-10-8-7-9-19(20)16(3)5-2/h7-14,16H,4-6,15H2,1-3H3,(H,22,23)/t16-/m1/s1. The largest absolute Gasteiger partial charge is 0.494 e. The average Bonchev–Trinajstić information content (AvgIpc) is 2.62. The molecule has 1 atom stereocenters. The van der Waals surface area contributed by atoms with Crippen molar-refractivity contribution in [2.24, 2.45) is 0 Å². The van der Waals surface area contributed by atoms with Gasteiger partial charge >= 0.3 is 0 Å². The van der Waals surface area contributed by atoms with E-state index in [-0.39, 0.29) is 5.91 Å². The molecule has 0 unspecified atom stereocenters. The van der Waals surface area contributed by atoms with Crippen molar-refractivity contribution in [2.75, 3.05) is 11.9 Å². The van der Waals surface area contributed by atoms with Crippen molar-refractivity contribution in [2.45, 2.75) is 46.0 Å². The number of anilines is 1.